The number of carbonyl (C=O) groups excluding carboxylic acids is 2. The van der Waals surface area contributed by atoms with Crippen molar-refractivity contribution in [1.82, 2.24) is 10.6 Å². The van der Waals surface area contributed by atoms with E-state index in [2.05, 4.69) is 10.6 Å². The van der Waals surface area contributed by atoms with E-state index >= 15 is 0 Å². The molecule has 1 aromatic rings. The van der Waals surface area contributed by atoms with Gasteiger partial charge in [-0.2, -0.15) is 0 Å². The van der Waals surface area contributed by atoms with Crippen molar-refractivity contribution < 1.29 is 14.3 Å². The zero-order chi connectivity index (χ0) is 16.1. The van der Waals surface area contributed by atoms with Gasteiger partial charge in [0.2, 0.25) is 5.91 Å². The Morgan fingerprint density at radius 3 is 2.14 bits per heavy atom. The van der Waals surface area contributed by atoms with Crippen molar-refractivity contribution in [3.8, 4) is 0 Å². The van der Waals surface area contributed by atoms with E-state index in [1.165, 1.54) is 0 Å². The summed E-state index contributed by atoms with van der Waals surface area (Å²) in [6.07, 6.45) is -0.225. The average Bonchev–Trinajstić information content (AvgIpc) is 2.36. The van der Waals surface area contributed by atoms with E-state index in [-0.39, 0.29) is 5.91 Å². The molecule has 0 saturated heterocycles. The molecule has 116 valence electrons. The highest BCUT2D eigenvalue weighted by atomic mass is 16.6. The molecule has 2 amide bonds. The average molecular weight is 292 g/mol. The van der Waals surface area contributed by atoms with Crippen LogP contribution in [0.4, 0.5) is 4.79 Å². The van der Waals surface area contributed by atoms with Gasteiger partial charge in [-0.05, 0) is 33.3 Å². The summed E-state index contributed by atoms with van der Waals surface area (Å²) in [4.78, 5) is 24.1. The molecule has 0 radical (unpaired) electrons. The molecule has 1 rings (SSSR count). The van der Waals surface area contributed by atoms with Crippen molar-refractivity contribution >= 4 is 12.0 Å². The zero-order valence-corrected chi connectivity index (χ0v) is 13.3. The molecule has 21 heavy (non-hydrogen) atoms. The fourth-order valence-electron chi connectivity index (χ4n) is 1.99. The number of nitrogens with one attached hydrogen (secondary N) is 2. The lowest BCUT2D eigenvalue weighted by atomic mass is 9.92. The molecule has 1 aromatic carbocycles. The van der Waals surface area contributed by atoms with Gasteiger partial charge < -0.3 is 15.4 Å². The Bertz CT molecular complexity index is 494. The number of hydrogen-bond donors (Lipinski definition) is 2. The standard InChI is InChI=1S/C16H24N2O3/c1-15(2,3)21-14(20)18-16(4,13(19)17-5)11-12-9-7-6-8-10-12/h6-10H,11H2,1-5H3,(H,17,19)(H,18,20)/t16-/m1/s1. The molecule has 0 unspecified atom stereocenters. The predicted octanol–water partition coefficient (Wildman–Crippen LogP) is 2.26. The summed E-state index contributed by atoms with van der Waals surface area (Å²) in [5.41, 5.74) is -0.724. The summed E-state index contributed by atoms with van der Waals surface area (Å²) in [5, 5.41) is 5.26. The Morgan fingerprint density at radius 2 is 1.67 bits per heavy atom. The molecule has 0 bridgehead atoms. The number of amides is 2. The minimum absolute atomic E-state index is 0.266. The molecule has 0 fully saturated rings. The fraction of sp³-hybridized carbons (Fsp3) is 0.500. The van der Waals surface area contributed by atoms with Crippen LogP contribution in [0.1, 0.15) is 33.3 Å². The van der Waals surface area contributed by atoms with Gasteiger partial charge in [0.05, 0.1) is 0 Å². The number of ether oxygens (including phenoxy) is 1. The van der Waals surface area contributed by atoms with Crippen molar-refractivity contribution in [2.75, 3.05) is 7.05 Å². The number of rotatable bonds is 4. The highest BCUT2D eigenvalue weighted by molar-refractivity contribution is 5.89. The van der Waals surface area contributed by atoms with Crippen LogP contribution < -0.4 is 10.6 Å². The highest BCUT2D eigenvalue weighted by Gasteiger charge is 2.35. The molecule has 0 aliphatic heterocycles. The smallest absolute Gasteiger partial charge is 0.408 e. The van der Waals surface area contributed by atoms with Crippen LogP contribution >= 0.6 is 0 Å². The molecular formula is C16H24N2O3. The van der Waals surface area contributed by atoms with Crippen LogP contribution in [0.15, 0.2) is 30.3 Å². The maximum Gasteiger partial charge on any atom is 0.408 e. The Balaban J connectivity index is 2.89. The Kier molecular flexibility index (Phi) is 5.35. The number of carbonyl (C=O) groups is 2. The highest BCUT2D eigenvalue weighted by Crippen LogP contribution is 2.15. The van der Waals surface area contributed by atoms with E-state index in [4.69, 9.17) is 4.74 Å². The third-order valence-electron chi connectivity index (χ3n) is 2.91. The first-order chi connectivity index (χ1) is 9.66. The third-order valence-corrected chi connectivity index (χ3v) is 2.91. The quantitative estimate of drug-likeness (QED) is 0.894. The van der Waals surface area contributed by atoms with Gasteiger partial charge in [0.1, 0.15) is 11.1 Å². The number of hydrogen-bond acceptors (Lipinski definition) is 3. The summed E-state index contributed by atoms with van der Waals surface area (Å²) < 4.78 is 5.24. The lowest BCUT2D eigenvalue weighted by molar-refractivity contribution is -0.126. The Morgan fingerprint density at radius 1 is 1.10 bits per heavy atom. The Labute approximate surface area is 126 Å². The summed E-state index contributed by atoms with van der Waals surface area (Å²) in [7, 11) is 1.54. The molecule has 0 aliphatic rings. The molecular weight excluding hydrogens is 268 g/mol. The summed E-state index contributed by atoms with van der Waals surface area (Å²) in [6, 6.07) is 9.53. The second-order valence-corrected chi connectivity index (χ2v) is 6.20. The topological polar surface area (TPSA) is 67.4 Å². The fourth-order valence-corrected chi connectivity index (χ4v) is 1.99. The lowest BCUT2D eigenvalue weighted by Crippen LogP contribution is -2.58. The van der Waals surface area contributed by atoms with Crippen LogP contribution in [-0.2, 0) is 16.0 Å². The maximum atomic E-state index is 12.2. The van der Waals surface area contributed by atoms with Gasteiger partial charge in [0.25, 0.3) is 0 Å². The first-order valence-electron chi connectivity index (χ1n) is 6.93. The van der Waals surface area contributed by atoms with Gasteiger partial charge in [-0.3, -0.25) is 4.79 Å². The Hall–Kier alpha value is -2.04. The van der Waals surface area contributed by atoms with Crippen LogP contribution in [0.2, 0.25) is 0 Å². The zero-order valence-electron chi connectivity index (χ0n) is 13.3. The minimum atomic E-state index is -1.07. The normalized spacial score (nSPS) is 14.0. The molecule has 1 atom stereocenters. The van der Waals surface area contributed by atoms with Gasteiger partial charge in [-0.25, -0.2) is 4.79 Å². The SMILES string of the molecule is CNC(=O)[C@@](C)(Cc1ccccc1)NC(=O)OC(C)(C)C. The van der Waals surface area contributed by atoms with Gasteiger partial charge in [-0.15, -0.1) is 0 Å². The molecule has 0 aliphatic carbocycles. The van der Waals surface area contributed by atoms with Gasteiger partial charge in [0.15, 0.2) is 0 Å². The van der Waals surface area contributed by atoms with E-state index in [0.29, 0.717) is 6.42 Å². The van der Waals surface area contributed by atoms with E-state index in [1.807, 2.05) is 30.3 Å². The minimum Gasteiger partial charge on any atom is -0.444 e. The molecule has 5 heteroatoms. The van der Waals surface area contributed by atoms with Crippen molar-refractivity contribution in [3.05, 3.63) is 35.9 Å². The van der Waals surface area contributed by atoms with E-state index in [1.54, 1.807) is 34.7 Å². The number of alkyl carbamates (subject to hydrolysis) is 1. The van der Waals surface area contributed by atoms with E-state index < -0.39 is 17.2 Å². The first-order valence-corrected chi connectivity index (χ1v) is 6.93. The maximum absolute atomic E-state index is 12.2. The predicted molar refractivity (Wildman–Crippen MR) is 82.0 cm³/mol. The van der Waals surface area contributed by atoms with Crippen LogP contribution in [0.25, 0.3) is 0 Å². The van der Waals surface area contributed by atoms with E-state index in [9.17, 15) is 9.59 Å². The summed E-state index contributed by atoms with van der Waals surface area (Å²) in [5.74, 6) is -0.266. The van der Waals surface area contributed by atoms with Crippen molar-refractivity contribution in [2.45, 2.75) is 45.3 Å². The van der Waals surface area contributed by atoms with Gasteiger partial charge in [0, 0.05) is 13.5 Å². The largest absolute Gasteiger partial charge is 0.444 e. The van der Waals surface area contributed by atoms with Gasteiger partial charge >= 0.3 is 6.09 Å². The lowest BCUT2D eigenvalue weighted by Gasteiger charge is -2.30. The monoisotopic (exact) mass is 292 g/mol. The van der Waals surface area contributed by atoms with Crippen molar-refractivity contribution in [2.24, 2.45) is 0 Å². The van der Waals surface area contributed by atoms with Crippen LogP contribution in [-0.4, -0.2) is 30.2 Å². The van der Waals surface area contributed by atoms with Crippen LogP contribution in [0, 0.1) is 0 Å². The van der Waals surface area contributed by atoms with Crippen LogP contribution in [0.3, 0.4) is 0 Å². The molecule has 0 heterocycles. The summed E-state index contributed by atoms with van der Waals surface area (Å²) in [6.45, 7) is 7.02. The van der Waals surface area contributed by atoms with Gasteiger partial charge in [-0.1, -0.05) is 30.3 Å². The van der Waals surface area contributed by atoms with Crippen molar-refractivity contribution in [1.29, 1.82) is 0 Å². The van der Waals surface area contributed by atoms with Crippen molar-refractivity contribution in [3.63, 3.8) is 0 Å². The molecule has 2 N–H and O–H groups in total. The second-order valence-electron chi connectivity index (χ2n) is 6.20. The van der Waals surface area contributed by atoms with E-state index in [0.717, 1.165) is 5.56 Å². The molecule has 0 spiro atoms. The second kappa shape index (κ2) is 6.61. The number of likely N-dealkylation sites (N-methyl/N-ethyl adjacent to an activating group) is 1. The summed E-state index contributed by atoms with van der Waals surface area (Å²) >= 11 is 0. The number of benzene rings is 1. The van der Waals surface area contributed by atoms with Crippen LogP contribution in [0.5, 0.6) is 0 Å². The third kappa shape index (κ3) is 5.45. The molecule has 0 saturated carbocycles. The molecule has 0 aromatic heterocycles. The molecule has 5 nitrogen and oxygen atoms in total. The first kappa shape index (κ1) is 17.0.